The Kier molecular flexibility index (Phi) is 17.2. The summed E-state index contributed by atoms with van der Waals surface area (Å²) in [7, 11) is 0. The summed E-state index contributed by atoms with van der Waals surface area (Å²) >= 11 is 0. The zero-order valence-corrected chi connectivity index (χ0v) is 8.74. The normalized spacial score (nSPS) is 16.7. The Labute approximate surface area is 89.4 Å². The van der Waals surface area contributed by atoms with Crippen LogP contribution in [-0.4, -0.2) is 37.7 Å². The molecular weight excluding hydrogens is 136 g/mol. The fraction of sp³-hybridized carbons (Fsp3) is 0.750. The summed E-state index contributed by atoms with van der Waals surface area (Å²) in [6, 6.07) is 0. The zero-order valence-electron chi connectivity index (χ0n) is 6.53. The van der Waals surface area contributed by atoms with E-state index in [1.54, 1.807) is 6.92 Å². The molecule has 0 heterocycles. The van der Waals surface area contributed by atoms with Gasteiger partial charge in [0, 0.05) is 0 Å². The molecule has 0 aromatic rings. The molecule has 0 amide bonds. The Hall–Kier alpha value is 1.26. The van der Waals surface area contributed by atoms with E-state index < -0.39 is 0 Å². The van der Waals surface area contributed by atoms with E-state index in [9.17, 15) is 0 Å². The van der Waals surface area contributed by atoms with E-state index in [0.29, 0.717) is 0 Å². The van der Waals surface area contributed by atoms with Crippen molar-refractivity contribution < 1.29 is 0 Å². The first kappa shape index (κ1) is 12.9. The monoisotopic (exact) mass is 152 g/mol. The largest absolute Gasteiger partial charge is 2.00 e. The smallest absolute Gasteiger partial charge is 0.346 e. The summed E-state index contributed by atoms with van der Waals surface area (Å²) in [5.74, 6) is 0. The fourth-order valence-electron chi connectivity index (χ4n) is 0.898. The first-order valence-electron chi connectivity index (χ1n) is 3.52. The first-order chi connectivity index (χ1) is 4.00. The second-order valence-corrected chi connectivity index (χ2v) is 1.93. The van der Waals surface area contributed by atoms with E-state index in [4.69, 9.17) is 0 Å². The van der Waals surface area contributed by atoms with E-state index in [1.165, 1.54) is 32.1 Å². The van der Waals surface area contributed by atoms with Crippen LogP contribution in [0.4, 0.5) is 0 Å². The van der Waals surface area contributed by atoms with Crippen molar-refractivity contribution in [1.29, 1.82) is 0 Å². The Morgan fingerprint density at radius 2 is 1.44 bits per heavy atom. The van der Waals surface area contributed by atoms with Gasteiger partial charge < -0.3 is 13.3 Å². The molecule has 0 nitrogen and oxygen atoms in total. The third kappa shape index (κ3) is 9.26. The van der Waals surface area contributed by atoms with Gasteiger partial charge in [0.25, 0.3) is 0 Å². The van der Waals surface area contributed by atoms with Crippen LogP contribution in [0.2, 0.25) is 0 Å². The summed E-state index contributed by atoms with van der Waals surface area (Å²) in [6.07, 6.45) is 9.50. The Balaban J connectivity index is 0. The van der Waals surface area contributed by atoms with E-state index >= 15 is 0 Å². The van der Waals surface area contributed by atoms with Gasteiger partial charge in [-0.05, 0) is 0 Å². The molecule has 0 saturated heterocycles. The van der Waals surface area contributed by atoms with Crippen LogP contribution in [0.5, 0.6) is 0 Å². The van der Waals surface area contributed by atoms with Gasteiger partial charge in [0.05, 0.1) is 0 Å². The summed E-state index contributed by atoms with van der Waals surface area (Å²) in [6.45, 7) is 5.00. The molecule has 1 aliphatic carbocycles. The molecule has 0 aliphatic heterocycles. The predicted molar refractivity (Wildman–Crippen MR) is 44.2 cm³/mol. The average molecular weight is 152 g/mol. The third-order valence-electron chi connectivity index (χ3n) is 1.32. The van der Waals surface area contributed by atoms with E-state index in [-0.39, 0.29) is 37.7 Å². The minimum absolute atomic E-state index is 0. The van der Waals surface area contributed by atoms with Gasteiger partial charge in [0.1, 0.15) is 0 Å². The van der Waals surface area contributed by atoms with E-state index in [0.717, 1.165) is 0 Å². The maximum atomic E-state index is 3.25. The Bertz CT molecular complexity index is 20.0. The maximum absolute atomic E-state index is 3.25. The Morgan fingerprint density at radius 3 is 1.56 bits per heavy atom. The second kappa shape index (κ2) is 12.0. The molecule has 0 bridgehead atoms. The molecule has 0 aromatic carbocycles. The fourth-order valence-corrected chi connectivity index (χ4v) is 0.898. The van der Waals surface area contributed by atoms with Gasteiger partial charge in [-0.3, -0.25) is 0 Å². The molecule has 0 aromatic heterocycles. The van der Waals surface area contributed by atoms with Crippen molar-refractivity contribution in [1.82, 2.24) is 0 Å². The summed E-state index contributed by atoms with van der Waals surface area (Å²) in [5.41, 5.74) is 0. The molecule has 1 rings (SSSR count). The van der Waals surface area contributed by atoms with Crippen LogP contribution in [0.1, 0.15) is 39.0 Å². The number of hydrogen-bond acceptors (Lipinski definition) is 0. The molecule has 0 spiro atoms. The van der Waals surface area contributed by atoms with Gasteiger partial charge in [-0.15, -0.1) is 0 Å². The molecule has 1 heteroatoms. The molecule has 0 radical (unpaired) electrons. The van der Waals surface area contributed by atoms with Crippen LogP contribution in [0, 0.1) is 13.3 Å². The van der Waals surface area contributed by atoms with Crippen molar-refractivity contribution in [2.45, 2.75) is 39.0 Å². The molecule has 1 saturated carbocycles. The van der Waals surface area contributed by atoms with Crippen molar-refractivity contribution in [2.24, 2.45) is 0 Å². The van der Waals surface area contributed by atoms with Gasteiger partial charge in [0.15, 0.2) is 0 Å². The van der Waals surface area contributed by atoms with Crippen LogP contribution in [0.15, 0.2) is 0 Å². The van der Waals surface area contributed by atoms with E-state index in [2.05, 4.69) is 13.3 Å². The first-order valence-corrected chi connectivity index (χ1v) is 3.52. The summed E-state index contributed by atoms with van der Waals surface area (Å²) in [5, 5.41) is 0. The van der Waals surface area contributed by atoms with E-state index in [1.807, 2.05) is 0 Å². The van der Waals surface area contributed by atoms with Gasteiger partial charge in [-0.2, -0.15) is 19.8 Å². The molecular formula is C8H16Ca. The van der Waals surface area contributed by atoms with Gasteiger partial charge in [0.2, 0.25) is 0 Å². The molecule has 0 N–H and O–H groups in total. The summed E-state index contributed by atoms with van der Waals surface area (Å²) < 4.78 is 0. The molecule has 0 atom stereocenters. The van der Waals surface area contributed by atoms with Crippen molar-refractivity contribution in [2.75, 3.05) is 0 Å². The van der Waals surface area contributed by atoms with Crippen LogP contribution in [0.3, 0.4) is 0 Å². The van der Waals surface area contributed by atoms with Crippen molar-refractivity contribution >= 4 is 37.7 Å². The van der Waals surface area contributed by atoms with Gasteiger partial charge in [-0.1, -0.05) is 19.3 Å². The van der Waals surface area contributed by atoms with Crippen LogP contribution in [0.25, 0.3) is 0 Å². The molecule has 50 valence electrons. The zero-order chi connectivity index (χ0) is 6.24. The number of hydrogen-bond donors (Lipinski definition) is 0. The van der Waals surface area contributed by atoms with Gasteiger partial charge >= 0.3 is 37.7 Å². The quantitative estimate of drug-likeness (QED) is 0.370. The van der Waals surface area contributed by atoms with Crippen molar-refractivity contribution in [3.8, 4) is 0 Å². The van der Waals surface area contributed by atoms with Crippen molar-refractivity contribution in [3.05, 3.63) is 13.3 Å². The molecule has 9 heavy (non-hydrogen) atoms. The van der Waals surface area contributed by atoms with Crippen LogP contribution < -0.4 is 0 Å². The Morgan fingerprint density at radius 1 is 1.00 bits per heavy atom. The standard InChI is InChI=1S/C6H11.C2H5.Ca/c1-2-4-6-5-3-1;1-2;/h1H,2-6H2;1H2,2H3;/q2*-1;+2. The van der Waals surface area contributed by atoms with Crippen LogP contribution >= 0.6 is 0 Å². The summed E-state index contributed by atoms with van der Waals surface area (Å²) in [4.78, 5) is 0. The molecule has 1 fully saturated rings. The maximum Gasteiger partial charge on any atom is 2.00 e. The average Bonchev–Trinajstić information content (AvgIpc) is 1.96. The topological polar surface area (TPSA) is 0 Å². The van der Waals surface area contributed by atoms with Crippen LogP contribution in [-0.2, 0) is 0 Å². The predicted octanol–water partition coefficient (Wildman–Crippen LogP) is 2.61. The van der Waals surface area contributed by atoms with Crippen molar-refractivity contribution in [3.63, 3.8) is 0 Å². The van der Waals surface area contributed by atoms with Gasteiger partial charge in [-0.25, -0.2) is 0 Å². The second-order valence-electron chi connectivity index (χ2n) is 1.93. The molecule has 1 aliphatic rings. The third-order valence-corrected chi connectivity index (χ3v) is 1.32. The SMILES string of the molecule is [CH-]1CCCCC1.[CH2-]C.[Ca+2]. The number of rotatable bonds is 0. The molecule has 0 unspecified atom stereocenters. The minimum atomic E-state index is 0. The minimum Gasteiger partial charge on any atom is -0.346 e.